The van der Waals surface area contributed by atoms with Crippen molar-refractivity contribution in [3.63, 3.8) is 0 Å². The van der Waals surface area contributed by atoms with Crippen molar-refractivity contribution in [2.75, 3.05) is 6.54 Å². The van der Waals surface area contributed by atoms with Gasteiger partial charge in [0.1, 0.15) is 5.56 Å². The van der Waals surface area contributed by atoms with E-state index >= 15 is 0 Å². The van der Waals surface area contributed by atoms with Crippen LogP contribution in [0.5, 0.6) is 0 Å². The topological polar surface area (TPSA) is 91.9 Å². The first-order chi connectivity index (χ1) is 9.36. The number of nitrogens with zero attached hydrogens (tertiary/aromatic N) is 4. The fraction of sp³-hybridized carbons (Fsp3) is 0.273. The molecule has 0 radical (unpaired) electrons. The Morgan fingerprint density at radius 1 is 1.45 bits per heavy atom. The molecule has 106 valence electrons. The molecule has 0 saturated carbocycles. The minimum atomic E-state index is -4.77. The second kappa shape index (κ2) is 6.58. The molecule has 0 aliphatic heterocycles. The summed E-state index contributed by atoms with van der Waals surface area (Å²) in [6.07, 6.45) is -1.40. The maximum Gasteiger partial charge on any atom is 0.422 e. The summed E-state index contributed by atoms with van der Waals surface area (Å²) in [5.41, 5.74) is 6.03. The summed E-state index contributed by atoms with van der Waals surface area (Å²) < 4.78 is 37.7. The van der Waals surface area contributed by atoms with E-state index in [1.807, 2.05) is 0 Å². The number of benzene rings is 1. The van der Waals surface area contributed by atoms with Crippen LogP contribution in [0.2, 0.25) is 0 Å². The highest BCUT2D eigenvalue weighted by Crippen LogP contribution is 2.36. The van der Waals surface area contributed by atoms with E-state index in [2.05, 4.69) is 10.0 Å². The molecular formula is C11H9F3N4O2. The SMILES string of the molecule is [N-]=[N+]=NCCC=Cc1ccc(C(F)(F)F)c([N+](=O)[O-])c1. The highest BCUT2D eigenvalue weighted by molar-refractivity contribution is 5.56. The van der Waals surface area contributed by atoms with Gasteiger partial charge in [-0.3, -0.25) is 10.1 Å². The smallest absolute Gasteiger partial charge is 0.258 e. The molecular weight excluding hydrogens is 277 g/mol. The van der Waals surface area contributed by atoms with Crippen LogP contribution in [0.3, 0.4) is 0 Å². The first-order valence-corrected chi connectivity index (χ1v) is 5.39. The summed E-state index contributed by atoms with van der Waals surface area (Å²) >= 11 is 0. The van der Waals surface area contributed by atoms with Crippen molar-refractivity contribution in [2.45, 2.75) is 12.6 Å². The van der Waals surface area contributed by atoms with Gasteiger partial charge in [-0.25, -0.2) is 0 Å². The Hall–Kier alpha value is -2.54. The van der Waals surface area contributed by atoms with Gasteiger partial charge < -0.3 is 0 Å². The van der Waals surface area contributed by atoms with E-state index in [4.69, 9.17) is 5.53 Å². The number of hydrogen-bond donors (Lipinski definition) is 0. The third-order valence-electron chi connectivity index (χ3n) is 2.29. The predicted octanol–water partition coefficient (Wildman–Crippen LogP) is 4.33. The lowest BCUT2D eigenvalue weighted by Gasteiger charge is -2.07. The number of halogens is 3. The Morgan fingerprint density at radius 2 is 2.15 bits per heavy atom. The van der Waals surface area contributed by atoms with Gasteiger partial charge in [-0.1, -0.05) is 23.3 Å². The third kappa shape index (κ3) is 4.29. The summed E-state index contributed by atoms with van der Waals surface area (Å²) in [4.78, 5) is 12.1. The number of hydrogen-bond acceptors (Lipinski definition) is 3. The summed E-state index contributed by atoms with van der Waals surface area (Å²) in [6.45, 7) is 0.204. The quantitative estimate of drug-likeness (QED) is 0.201. The van der Waals surface area contributed by atoms with Gasteiger partial charge in [0.15, 0.2) is 0 Å². The molecule has 1 rings (SSSR count). The van der Waals surface area contributed by atoms with Crippen molar-refractivity contribution in [1.82, 2.24) is 0 Å². The average molecular weight is 286 g/mol. The molecule has 0 atom stereocenters. The van der Waals surface area contributed by atoms with Gasteiger partial charge in [0.05, 0.1) is 4.92 Å². The largest absolute Gasteiger partial charge is 0.422 e. The van der Waals surface area contributed by atoms with Crippen LogP contribution in [0.1, 0.15) is 17.5 Å². The average Bonchev–Trinajstić information content (AvgIpc) is 2.37. The lowest BCUT2D eigenvalue weighted by atomic mass is 10.1. The second-order valence-corrected chi connectivity index (χ2v) is 3.68. The highest BCUT2D eigenvalue weighted by Gasteiger charge is 2.38. The van der Waals surface area contributed by atoms with Crippen molar-refractivity contribution in [3.05, 3.63) is 56.0 Å². The zero-order chi connectivity index (χ0) is 15.2. The van der Waals surface area contributed by atoms with Crippen LogP contribution in [-0.4, -0.2) is 11.5 Å². The molecule has 0 fully saturated rings. The van der Waals surface area contributed by atoms with Gasteiger partial charge in [-0.05, 0) is 23.6 Å². The van der Waals surface area contributed by atoms with E-state index in [0.717, 1.165) is 12.1 Å². The first-order valence-electron chi connectivity index (χ1n) is 5.39. The van der Waals surface area contributed by atoms with E-state index in [0.29, 0.717) is 12.5 Å². The molecule has 0 aromatic heterocycles. The normalized spacial score (nSPS) is 11.3. The highest BCUT2D eigenvalue weighted by atomic mass is 19.4. The van der Waals surface area contributed by atoms with E-state index in [1.54, 1.807) is 6.08 Å². The van der Waals surface area contributed by atoms with E-state index in [1.165, 1.54) is 6.08 Å². The number of azide groups is 1. The molecule has 0 saturated heterocycles. The van der Waals surface area contributed by atoms with E-state index < -0.39 is 22.4 Å². The summed E-state index contributed by atoms with van der Waals surface area (Å²) in [7, 11) is 0. The van der Waals surface area contributed by atoms with Crippen molar-refractivity contribution < 1.29 is 18.1 Å². The van der Waals surface area contributed by atoms with Crippen LogP contribution in [0.25, 0.3) is 16.5 Å². The molecule has 1 aromatic rings. The first kappa shape index (κ1) is 15.5. The third-order valence-corrected chi connectivity index (χ3v) is 2.29. The van der Waals surface area contributed by atoms with Crippen molar-refractivity contribution >= 4 is 11.8 Å². The maximum absolute atomic E-state index is 12.6. The minimum absolute atomic E-state index is 0.204. The summed E-state index contributed by atoms with van der Waals surface area (Å²) in [5.74, 6) is 0. The Morgan fingerprint density at radius 3 is 2.70 bits per heavy atom. The van der Waals surface area contributed by atoms with E-state index in [9.17, 15) is 23.3 Å². The Kier molecular flexibility index (Phi) is 5.10. The summed E-state index contributed by atoms with van der Waals surface area (Å²) in [6, 6.07) is 2.66. The monoisotopic (exact) mass is 286 g/mol. The molecule has 0 bridgehead atoms. The number of rotatable bonds is 5. The lowest BCUT2D eigenvalue weighted by molar-refractivity contribution is -0.388. The van der Waals surface area contributed by atoms with Gasteiger partial charge in [-0.15, -0.1) is 0 Å². The maximum atomic E-state index is 12.6. The molecule has 0 spiro atoms. The van der Waals surface area contributed by atoms with Gasteiger partial charge >= 0.3 is 6.18 Å². The Labute approximate surface area is 111 Å². The van der Waals surface area contributed by atoms with Crippen molar-refractivity contribution in [1.29, 1.82) is 0 Å². The predicted molar refractivity (Wildman–Crippen MR) is 65.8 cm³/mol. The Bertz CT molecular complexity index is 578. The molecule has 0 aliphatic rings. The standard InChI is InChI=1S/C11H9F3N4O2/c12-11(13,14)9-5-4-8(7-10(9)18(19)20)3-1-2-6-16-17-15/h1,3-5,7H,2,6H2. The molecule has 0 heterocycles. The molecule has 6 nitrogen and oxygen atoms in total. The van der Waals surface area contributed by atoms with Gasteiger partial charge in [0, 0.05) is 17.5 Å². The molecule has 0 unspecified atom stereocenters. The van der Waals surface area contributed by atoms with Gasteiger partial charge in [0.25, 0.3) is 5.69 Å². The van der Waals surface area contributed by atoms with Gasteiger partial charge in [0.2, 0.25) is 0 Å². The molecule has 0 amide bonds. The Balaban J connectivity index is 2.99. The number of nitro groups is 1. The number of nitro benzene ring substituents is 1. The van der Waals surface area contributed by atoms with Crippen LogP contribution in [-0.2, 0) is 6.18 Å². The lowest BCUT2D eigenvalue weighted by Crippen LogP contribution is -2.08. The van der Waals surface area contributed by atoms with Crippen LogP contribution < -0.4 is 0 Å². The molecule has 0 N–H and O–H groups in total. The van der Waals surface area contributed by atoms with E-state index in [-0.39, 0.29) is 12.1 Å². The van der Waals surface area contributed by atoms with Crippen LogP contribution in [0.15, 0.2) is 29.4 Å². The fourth-order valence-electron chi connectivity index (χ4n) is 1.44. The zero-order valence-electron chi connectivity index (χ0n) is 10.0. The summed E-state index contributed by atoms with van der Waals surface area (Å²) in [5, 5.41) is 13.9. The molecule has 9 heteroatoms. The zero-order valence-corrected chi connectivity index (χ0v) is 10.0. The number of alkyl halides is 3. The second-order valence-electron chi connectivity index (χ2n) is 3.68. The molecule has 1 aromatic carbocycles. The van der Waals surface area contributed by atoms with Gasteiger partial charge in [-0.2, -0.15) is 13.2 Å². The minimum Gasteiger partial charge on any atom is -0.258 e. The fourth-order valence-corrected chi connectivity index (χ4v) is 1.44. The van der Waals surface area contributed by atoms with Crippen molar-refractivity contribution in [2.24, 2.45) is 5.11 Å². The molecule has 0 aliphatic carbocycles. The van der Waals surface area contributed by atoms with Crippen molar-refractivity contribution in [3.8, 4) is 0 Å². The molecule has 20 heavy (non-hydrogen) atoms. The van der Waals surface area contributed by atoms with Crippen LogP contribution >= 0.6 is 0 Å². The van der Waals surface area contributed by atoms with Crippen LogP contribution in [0.4, 0.5) is 18.9 Å². The van der Waals surface area contributed by atoms with Crippen LogP contribution in [0, 0.1) is 10.1 Å².